The summed E-state index contributed by atoms with van der Waals surface area (Å²) in [4.78, 5) is 12.9. The predicted molar refractivity (Wildman–Crippen MR) is 109 cm³/mol. The van der Waals surface area contributed by atoms with Crippen molar-refractivity contribution < 1.29 is 31.5 Å². The van der Waals surface area contributed by atoms with Crippen molar-refractivity contribution in [2.45, 2.75) is 43.2 Å². The van der Waals surface area contributed by atoms with E-state index in [-0.39, 0.29) is 35.0 Å². The predicted octanol–water partition coefficient (Wildman–Crippen LogP) is 4.11. The SMILES string of the molecule is CCN(CC)S(=O)(=O)c1ccc(O)c(NC(=O)C2(c3cccc(C(F)(F)F)c3)CC2)c1. The fourth-order valence-electron chi connectivity index (χ4n) is 3.50. The molecule has 1 aliphatic rings. The molecule has 1 amide bonds. The first-order valence-corrected chi connectivity index (χ1v) is 11.2. The van der Waals surface area contributed by atoms with E-state index in [4.69, 9.17) is 0 Å². The van der Waals surface area contributed by atoms with Gasteiger partial charge in [-0.3, -0.25) is 4.79 Å². The Morgan fingerprint density at radius 1 is 1.13 bits per heavy atom. The average Bonchev–Trinajstić information content (AvgIpc) is 3.52. The van der Waals surface area contributed by atoms with Crippen LogP contribution < -0.4 is 5.32 Å². The van der Waals surface area contributed by atoms with Gasteiger partial charge in [0, 0.05) is 13.1 Å². The Kier molecular flexibility index (Phi) is 6.07. The van der Waals surface area contributed by atoms with Crippen molar-refractivity contribution in [3.05, 3.63) is 53.6 Å². The molecule has 31 heavy (non-hydrogen) atoms. The van der Waals surface area contributed by atoms with E-state index >= 15 is 0 Å². The third-order valence-corrected chi connectivity index (χ3v) is 7.53. The van der Waals surface area contributed by atoms with Crippen LogP contribution in [0.5, 0.6) is 5.75 Å². The number of rotatable bonds is 7. The molecule has 1 saturated carbocycles. The Hall–Kier alpha value is -2.59. The molecule has 0 spiro atoms. The van der Waals surface area contributed by atoms with Crippen LogP contribution in [-0.4, -0.2) is 36.8 Å². The minimum absolute atomic E-state index is 0.104. The molecule has 0 radical (unpaired) electrons. The molecule has 3 rings (SSSR count). The molecule has 2 aromatic rings. The summed E-state index contributed by atoms with van der Waals surface area (Å²) in [5.41, 5.74) is -1.89. The van der Waals surface area contributed by atoms with Crippen LogP contribution in [0, 0.1) is 0 Å². The van der Waals surface area contributed by atoms with Crippen molar-refractivity contribution in [3.8, 4) is 5.75 Å². The monoisotopic (exact) mass is 456 g/mol. The van der Waals surface area contributed by atoms with Crippen LogP contribution in [0.25, 0.3) is 0 Å². The smallest absolute Gasteiger partial charge is 0.416 e. The molecular weight excluding hydrogens is 433 g/mol. The fourth-order valence-corrected chi connectivity index (χ4v) is 4.98. The molecule has 6 nitrogen and oxygen atoms in total. The van der Waals surface area contributed by atoms with E-state index in [1.54, 1.807) is 13.8 Å². The van der Waals surface area contributed by atoms with E-state index in [0.29, 0.717) is 12.8 Å². The Balaban J connectivity index is 1.91. The molecule has 0 aliphatic heterocycles. The highest BCUT2D eigenvalue weighted by molar-refractivity contribution is 7.89. The molecule has 0 aromatic heterocycles. The zero-order valence-electron chi connectivity index (χ0n) is 17.0. The highest BCUT2D eigenvalue weighted by Gasteiger charge is 2.52. The molecule has 1 fully saturated rings. The van der Waals surface area contributed by atoms with Gasteiger partial charge < -0.3 is 10.4 Å². The number of phenolic OH excluding ortho intramolecular Hbond substituents is 1. The van der Waals surface area contributed by atoms with Crippen molar-refractivity contribution in [1.29, 1.82) is 0 Å². The number of phenols is 1. The normalized spacial score (nSPS) is 15.7. The number of hydrogen-bond donors (Lipinski definition) is 2. The van der Waals surface area contributed by atoms with E-state index in [1.165, 1.54) is 22.5 Å². The summed E-state index contributed by atoms with van der Waals surface area (Å²) in [5, 5.41) is 12.6. The van der Waals surface area contributed by atoms with Crippen molar-refractivity contribution in [3.63, 3.8) is 0 Å². The molecule has 2 aromatic carbocycles. The van der Waals surface area contributed by atoms with Crippen LogP contribution in [0.1, 0.15) is 37.8 Å². The molecule has 0 heterocycles. The quantitative estimate of drug-likeness (QED) is 0.614. The lowest BCUT2D eigenvalue weighted by Gasteiger charge is -2.20. The number of benzene rings is 2. The zero-order chi connectivity index (χ0) is 23.0. The maximum Gasteiger partial charge on any atom is 0.416 e. The summed E-state index contributed by atoms with van der Waals surface area (Å²) >= 11 is 0. The van der Waals surface area contributed by atoms with Crippen LogP contribution in [-0.2, 0) is 26.4 Å². The summed E-state index contributed by atoms with van der Waals surface area (Å²) in [5.74, 6) is -0.939. The maximum absolute atomic E-state index is 13.1. The van der Waals surface area contributed by atoms with Gasteiger partial charge in [-0.2, -0.15) is 17.5 Å². The van der Waals surface area contributed by atoms with Gasteiger partial charge in [-0.25, -0.2) is 8.42 Å². The summed E-state index contributed by atoms with van der Waals surface area (Å²) in [7, 11) is -3.82. The largest absolute Gasteiger partial charge is 0.506 e. The molecule has 1 aliphatic carbocycles. The number of hydrogen-bond acceptors (Lipinski definition) is 4. The number of anilines is 1. The van der Waals surface area contributed by atoms with Crippen LogP contribution in [0.4, 0.5) is 18.9 Å². The first kappa shape index (κ1) is 23.1. The Bertz CT molecular complexity index is 1090. The number of amides is 1. The summed E-state index contributed by atoms with van der Waals surface area (Å²) < 4.78 is 65.9. The standard InChI is InChI=1S/C21H23F3N2O4S/c1-3-26(4-2)31(29,30)16-8-9-18(27)17(13-16)25-19(28)20(10-11-20)14-6-5-7-15(12-14)21(22,23)24/h5-9,12-13,27H,3-4,10-11H2,1-2H3,(H,25,28). The molecular formula is C21H23F3N2O4S. The molecule has 2 N–H and O–H groups in total. The average molecular weight is 456 g/mol. The molecule has 10 heteroatoms. The van der Waals surface area contributed by atoms with E-state index in [9.17, 15) is 31.5 Å². The summed E-state index contributed by atoms with van der Waals surface area (Å²) in [6.07, 6.45) is -3.84. The van der Waals surface area contributed by atoms with Crippen LogP contribution in [0.3, 0.4) is 0 Å². The lowest BCUT2D eigenvalue weighted by molar-refractivity contribution is -0.137. The van der Waals surface area contributed by atoms with Gasteiger partial charge >= 0.3 is 6.18 Å². The number of halogens is 3. The number of alkyl halides is 3. The van der Waals surface area contributed by atoms with Gasteiger partial charge in [-0.15, -0.1) is 0 Å². The van der Waals surface area contributed by atoms with Gasteiger partial charge in [0.2, 0.25) is 15.9 Å². The second-order valence-corrected chi connectivity index (χ2v) is 9.32. The Labute approximate surface area is 178 Å². The van der Waals surface area contributed by atoms with Gasteiger partial charge in [-0.05, 0) is 42.7 Å². The van der Waals surface area contributed by atoms with Crippen molar-refractivity contribution in [1.82, 2.24) is 4.31 Å². The third-order valence-electron chi connectivity index (χ3n) is 5.49. The molecule has 0 unspecified atom stereocenters. The lowest BCUT2D eigenvalue weighted by Crippen LogP contribution is -2.31. The second kappa shape index (κ2) is 8.16. The van der Waals surface area contributed by atoms with E-state index in [1.807, 2.05) is 0 Å². The number of sulfonamides is 1. The first-order chi connectivity index (χ1) is 14.5. The number of carbonyl (C=O) groups excluding carboxylic acids is 1. The van der Waals surface area contributed by atoms with Crippen molar-refractivity contribution >= 4 is 21.6 Å². The van der Waals surface area contributed by atoms with Gasteiger partial charge in [0.25, 0.3) is 0 Å². The number of carbonyl (C=O) groups is 1. The van der Waals surface area contributed by atoms with Gasteiger partial charge in [0.15, 0.2) is 0 Å². The number of aromatic hydroxyl groups is 1. The minimum Gasteiger partial charge on any atom is -0.506 e. The van der Waals surface area contributed by atoms with Gasteiger partial charge in [0.1, 0.15) is 5.75 Å². The maximum atomic E-state index is 13.1. The third kappa shape index (κ3) is 4.40. The van der Waals surface area contributed by atoms with E-state index in [2.05, 4.69) is 5.32 Å². The molecule has 168 valence electrons. The Morgan fingerprint density at radius 3 is 2.32 bits per heavy atom. The highest BCUT2D eigenvalue weighted by Crippen LogP contribution is 2.50. The van der Waals surface area contributed by atoms with Crippen LogP contribution in [0.2, 0.25) is 0 Å². The molecule has 0 bridgehead atoms. The van der Waals surface area contributed by atoms with Crippen molar-refractivity contribution in [2.75, 3.05) is 18.4 Å². The fraction of sp³-hybridized carbons (Fsp3) is 0.381. The molecule has 0 atom stereocenters. The summed E-state index contributed by atoms with van der Waals surface area (Å²) in [6.45, 7) is 3.88. The van der Waals surface area contributed by atoms with E-state index in [0.717, 1.165) is 24.3 Å². The van der Waals surface area contributed by atoms with E-state index < -0.39 is 33.1 Å². The zero-order valence-corrected chi connectivity index (χ0v) is 17.8. The van der Waals surface area contributed by atoms with Gasteiger partial charge in [0.05, 0.1) is 21.6 Å². The lowest BCUT2D eigenvalue weighted by atomic mass is 9.93. The van der Waals surface area contributed by atoms with Gasteiger partial charge in [-0.1, -0.05) is 32.0 Å². The Morgan fingerprint density at radius 2 is 1.77 bits per heavy atom. The minimum atomic E-state index is -4.53. The number of nitrogens with one attached hydrogen (secondary N) is 1. The summed E-state index contributed by atoms with van der Waals surface area (Å²) in [6, 6.07) is 8.15. The van der Waals surface area contributed by atoms with Crippen LogP contribution >= 0.6 is 0 Å². The number of nitrogens with zero attached hydrogens (tertiary/aromatic N) is 1. The topological polar surface area (TPSA) is 86.7 Å². The van der Waals surface area contributed by atoms with Crippen LogP contribution in [0.15, 0.2) is 47.4 Å². The van der Waals surface area contributed by atoms with Crippen molar-refractivity contribution in [2.24, 2.45) is 0 Å². The second-order valence-electron chi connectivity index (χ2n) is 7.38. The molecule has 0 saturated heterocycles. The first-order valence-electron chi connectivity index (χ1n) is 9.78. The highest BCUT2D eigenvalue weighted by atomic mass is 32.2.